The number of aromatic nitrogens is 4. The van der Waals surface area contributed by atoms with Crippen LogP contribution < -0.4 is 4.74 Å². The van der Waals surface area contributed by atoms with Crippen LogP contribution in [0.4, 0.5) is 0 Å². The lowest BCUT2D eigenvalue weighted by molar-refractivity contribution is -0.269. The summed E-state index contributed by atoms with van der Waals surface area (Å²) in [6, 6.07) is 9.44. The van der Waals surface area contributed by atoms with E-state index in [0.717, 1.165) is 22.2 Å². The third kappa shape index (κ3) is 5.50. The standard InChI is InChI=1S/C23H23ClN4O5/c1-4-30-33-20(29)8-6-17-10-15-9-14(5-7-19(15)26-17)21-27-22(32-28-21)16-11-18(24)23(25-12-16)31-13(2)3/h5,7,9-13,26H,4,6,8H2,1-3H3. The van der Waals surface area contributed by atoms with Crippen molar-refractivity contribution in [2.24, 2.45) is 0 Å². The second-order valence-electron chi connectivity index (χ2n) is 7.56. The van der Waals surface area contributed by atoms with Gasteiger partial charge in [0.1, 0.15) is 5.02 Å². The maximum atomic E-state index is 11.6. The lowest BCUT2D eigenvalue weighted by Gasteiger charge is -2.09. The first-order valence-electron chi connectivity index (χ1n) is 10.5. The Kier molecular flexibility index (Phi) is 6.90. The minimum atomic E-state index is -0.408. The second kappa shape index (κ2) is 10.0. The van der Waals surface area contributed by atoms with Crippen LogP contribution in [0.3, 0.4) is 0 Å². The fourth-order valence-corrected chi connectivity index (χ4v) is 3.39. The molecule has 0 amide bonds. The predicted molar refractivity (Wildman–Crippen MR) is 122 cm³/mol. The van der Waals surface area contributed by atoms with E-state index in [-0.39, 0.29) is 12.5 Å². The van der Waals surface area contributed by atoms with Gasteiger partial charge in [-0.3, -0.25) is 4.89 Å². The molecule has 0 aliphatic heterocycles. The van der Waals surface area contributed by atoms with Crippen LogP contribution in [0, 0.1) is 0 Å². The number of hydrogen-bond donors (Lipinski definition) is 1. The molecule has 0 aliphatic carbocycles. The van der Waals surface area contributed by atoms with Gasteiger partial charge in [-0.05, 0) is 57.5 Å². The molecule has 33 heavy (non-hydrogen) atoms. The van der Waals surface area contributed by atoms with Crippen LogP contribution in [-0.2, 0) is 21.0 Å². The molecule has 172 valence electrons. The number of H-pyrrole nitrogens is 1. The first-order valence-corrected chi connectivity index (χ1v) is 10.9. The molecule has 4 rings (SSSR count). The normalized spacial score (nSPS) is 11.3. The number of carbonyl (C=O) groups is 1. The van der Waals surface area contributed by atoms with Crippen LogP contribution in [0.15, 0.2) is 41.1 Å². The van der Waals surface area contributed by atoms with E-state index in [9.17, 15) is 4.79 Å². The summed E-state index contributed by atoms with van der Waals surface area (Å²) < 4.78 is 11.0. The molecule has 0 saturated carbocycles. The fraction of sp³-hybridized carbons (Fsp3) is 0.304. The molecule has 4 aromatic rings. The number of rotatable bonds is 9. The number of fused-ring (bicyclic) bond motifs is 1. The Morgan fingerprint density at radius 2 is 2.06 bits per heavy atom. The van der Waals surface area contributed by atoms with Gasteiger partial charge in [-0.25, -0.2) is 9.78 Å². The van der Waals surface area contributed by atoms with Gasteiger partial charge in [-0.15, -0.1) is 0 Å². The molecule has 0 unspecified atom stereocenters. The first-order chi connectivity index (χ1) is 15.9. The highest BCUT2D eigenvalue weighted by Gasteiger charge is 2.15. The Hall–Kier alpha value is -3.43. The largest absolute Gasteiger partial charge is 0.474 e. The molecule has 0 spiro atoms. The molecular formula is C23H23ClN4O5. The number of aryl methyl sites for hydroxylation is 1. The van der Waals surface area contributed by atoms with Crippen molar-refractivity contribution in [1.82, 2.24) is 20.1 Å². The number of carbonyl (C=O) groups excluding carboxylic acids is 1. The Bertz CT molecular complexity index is 1270. The van der Waals surface area contributed by atoms with E-state index >= 15 is 0 Å². The third-order valence-electron chi connectivity index (χ3n) is 4.63. The molecule has 0 atom stereocenters. The topological polar surface area (TPSA) is 112 Å². The smallest absolute Gasteiger partial charge is 0.342 e. The van der Waals surface area contributed by atoms with Gasteiger partial charge in [0.2, 0.25) is 11.7 Å². The molecule has 0 fully saturated rings. The third-order valence-corrected chi connectivity index (χ3v) is 4.90. The number of nitrogens with zero attached hydrogens (tertiary/aromatic N) is 3. The lowest BCUT2D eigenvalue weighted by Crippen LogP contribution is -2.07. The quantitative estimate of drug-likeness (QED) is 0.264. The van der Waals surface area contributed by atoms with E-state index < -0.39 is 5.97 Å². The van der Waals surface area contributed by atoms with Crippen LogP contribution >= 0.6 is 11.6 Å². The van der Waals surface area contributed by atoms with Gasteiger partial charge in [0, 0.05) is 28.4 Å². The number of benzene rings is 1. The number of ether oxygens (including phenoxy) is 1. The van der Waals surface area contributed by atoms with Crippen molar-refractivity contribution < 1.29 is 23.8 Å². The Balaban J connectivity index is 1.49. The Morgan fingerprint density at radius 1 is 1.21 bits per heavy atom. The summed E-state index contributed by atoms with van der Waals surface area (Å²) in [6.45, 7) is 5.87. The van der Waals surface area contributed by atoms with E-state index in [0.29, 0.717) is 41.2 Å². The van der Waals surface area contributed by atoms with Gasteiger partial charge in [-0.1, -0.05) is 16.8 Å². The van der Waals surface area contributed by atoms with Gasteiger partial charge in [0.25, 0.3) is 5.89 Å². The molecular weight excluding hydrogens is 448 g/mol. The van der Waals surface area contributed by atoms with E-state index in [1.165, 1.54) is 0 Å². The van der Waals surface area contributed by atoms with Crippen molar-refractivity contribution in [2.45, 2.75) is 39.7 Å². The van der Waals surface area contributed by atoms with Crippen molar-refractivity contribution in [2.75, 3.05) is 6.61 Å². The lowest BCUT2D eigenvalue weighted by atomic mass is 10.1. The van der Waals surface area contributed by atoms with Crippen LogP contribution in [-0.4, -0.2) is 38.8 Å². The second-order valence-corrected chi connectivity index (χ2v) is 7.97. The number of halogens is 1. The van der Waals surface area contributed by atoms with Crippen molar-refractivity contribution in [3.63, 3.8) is 0 Å². The van der Waals surface area contributed by atoms with Crippen LogP contribution in [0.5, 0.6) is 5.88 Å². The number of nitrogens with one attached hydrogen (secondary N) is 1. The highest BCUT2D eigenvalue weighted by molar-refractivity contribution is 6.32. The minimum Gasteiger partial charge on any atom is -0.474 e. The summed E-state index contributed by atoms with van der Waals surface area (Å²) in [5.41, 5.74) is 3.23. The van der Waals surface area contributed by atoms with E-state index in [1.807, 2.05) is 38.1 Å². The molecule has 3 heterocycles. The van der Waals surface area contributed by atoms with Crippen molar-refractivity contribution in [3.8, 4) is 28.7 Å². The van der Waals surface area contributed by atoms with E-state index in [1.54, 1.807) is 19.2 Å². The average molecular weight is 471 g/mol. The van der Waals surface area contributed by atoms with Gasteiger partial charge in [0.15, 0.2) is 0 Å². The number of hydrogen-bond acceptors (Lipinski definition) is 8. The zero-order chi connectivity index (χ0) is 23.4. The molecule has 0 aliphatic rings. The van der Waals surface area contributed by atoms with Crippen LogP contribution in [0.1, 0.15) is 32.9 Å². The Morgan fingerprint density at radius 3 is 2.82 bits per heavy atom. The van der Waals surface area contributed by atoms with Crippen LogP contribution in [0.25, 0.3) is 33.7 Å². The maximum Gasteiger partial charge on any atom is 0.342 e. The molecule has 3 aromatic heterocycles. The van der Waals surface area contributed by atoms with E-state index in [4.69, 9.17) is 20.9 Å². The summed E-state index contributed by atoms with van der Waals surface area (Å²) in [6.07, 6.45) is 2.26. The van der Waals surface area contributed by atoms with Gasteiger partial charge < -0.3 is 14.2 Å². The number of aromatic amines is 1. The monoisotopic (exact) mass is 470 g/mol. The first kappa shape index (κ1) is 22.8. The van der Waals surface area contributed by atoms with Crippen molar-refractivity contribution >= 4 is 28.5 Å². The molecule has 9 nitrogen and oxygen atoms in total. The zero-order valence-corrected chi connectivity index (χ0v) is 19.2. The zero-order valence-electron chi connectivity index (χ0n) is 18.4. The van der Waals surface area contributed by atoms with Gasteiger partial charge >= 0.3 is 5.97 Å². The highest BCUT2D eigenvalue weighted by atomic mass is 35.5. The van der Waals surface area contributed by atoms with Crippen LogP contribution in [0.2, 0.25) is 5.02 Å². The predicted octanol–water partition coefficient (Wildman–Crippen LogP) is 5.15. The van der Waals surface area contributed by atoms with Gasteiger partial charge in [-0.2, -0.15) is 9.87 Å². The minimum absolute atomic E-state index is 0.0383. The molecule has 0 saturated heterocycles. The summed E-state index contributed by atoms with van der Waals surface area (Å²) in [4.78, 5) is 32.9. The average Bonchev–Trinajstić information content (AvgIpc) is 3.44. The summed E-state index contributed by atoms with van der Waals surface area (Å²) in [5, 5.41) is 5.42. The summed E-state index contributed by atoms with van der Waals surface area (Å²) >= 11 is 6.27. The maximum absolute atomic E-state index is 11.6. The van der Waals surface area contributed by atoms with Gasteiger partial charge in [0.05, 0.1) is 24.7 Å². The van der Waals surface area contributed by atoms with Crippen molar-refractivity contribution in [1.29, 1.82) is 0 Å². The molecule has 0 radical (unpaired) electrons. The molecule has 0 bridgehead atoms. The number of pyridine rings is 1. The fourth-order valence-electron chi connectivity index (χ4n) is 3.18. The van der Waals surface area contributed by atoms with Crippen molar-refractivity contribution in [3.05, 3.63) is 47.2 Å². The molecule has 1 aromatic carbocycles. The SMILES string of the molecule is CCOOC(=O)CCc1cc2cc(-c3noc(-c4cnc(OC(C)C)c(Cl)c4)n3)ccc2[nH]1. The highest BCUT2D eigenvalue weighted by Crippen LogP contribution is 2.30. The Labute approximate surface area is 194 Å². The molecule has 10 heteroatoms. The molecule has 1 N–H and O–H groups in total. The van der Waals surface area contributed by atoms with E-state index in [2.05, 4.69) is 29.9 Å². The summed E-state index contributed by atoms with van der Waals surface area (Å²) in [7, 11) is 0. The summed E-state index contributed by atoms with van der Waals surface area (Å²) in [5.74, 6) is 0.690.